The maximum absolute atomic E-state index is 13.5. The number of benzene rings is 4. The van der Waals surface area contributed by atoms with Gasteiger partial charge in [-0.25, -0.2) is 4.98 Å². The molecule has 0 N–H and O–H groups in total. The van der Waals surface area contributed by atoms with E-state index in [1.54, 1.807) is 24.0 Å². The highest BCUT2D eigenvalue weighted by molar-refractivity contribution is 9.10. The lowest BCUT2D eigenvalue weighted by molar-refractivity contribution is 0.616. The van der Waals surface area contributed by atoms with E-state index in [4.69, 9.17) is 9.40 Å². The van der Waals surface area contributed by atoms with Gasteiger partial charge in [0.25, 0.3) is 5.56 Å². The molecule has 0 fully saturated rings. The Morgan fingerprint density at radius 1 is 0.889 bits per heavy atom. The average Bonchev–Trinajstić information content (AvgIpc) is 3.32. The van der Waals surface area contributed by atoms with Crippen LogP contribution >= 0.6 is 27.7 Å². The Balaban J connectivity index is 1.49. The number of nitrogens with zero attached hydrogens (tertiary/aromatic N) is 3. The highest BCUT2D eigenvalue weighted by Crippen LogP contribution is 2.31. The van der Waals surface area contributed by atoms with Crippen LogP contribution in [-0.2, 0) is 0 Å². The number of fused-ring (bicyclic) bond motifs is 2. The molecule has 0 saturated carbocycles. The number of rotatable bonds is 5. The highest BCUT2D eigenvalue weighted by atomic mass is 79.9. The molecule has 0 amide bonds. The van der Waals surface area contributed by atoms with Gasteiger partial charge in [0.15, 0.2) is 5.76 Å². The maximum Gasteiger partial charge on any atom is 0.282 e. The van der Waals surface area contributed by atoms with Crippen LogP contribution in [0.5, 0.6) is 0 Å². The van der Waals surface area contributed by atoms with Crippen molar-refractivity contribution in [2.24, 2.45) is 5.10 Å². The Labute approximate surface area is 219 Å². The first-order chi connectivity index (χ1) is 17.7. The van der Waals surface area contributed by atoms with Gasteiger partial charge in [0.05, 0.1) is 17.1 Å². The number of hydrogen-bond acceptors (Lipinski definition) is 5. The molecule has 0 atom stereocenters. The third-order valence-corrected chi connectivity index (χ3v) is 7.25. The first-order valence-electron chi connectivity index (χ1n) is 11.2. The van der Waals surface area contributed by atoms with Crippen LogP contribution in [0, 0.1) is 0 Å². The van der Waals surface area contributed by atoms with Crippen LogP contribution in [0.2, 0.25) is 0 Å². The highest BCUT2D eigenvalue weighted by Gasteiger charge is 2.16. The smallest absolute Gasteiger partial charge is 0.282 e. The molecule has 4 aromatic carbocycles. The molecule has 0 aliphatic heterocycles. The normalized spacial score (nSPS) is 11.6. The summed E-state index contributed by atoms with van der Waals surface area (Å²) in [4.78, 5) is 20.5. The van der Waals surface area contributed by atoms with Gasteiger partial charge in [-0.2, -0.15) is 9.78 Å². The molecular weight excluding hydrogens is 534 g/mol. The van der Waals surface area contributed by atoms with Crippen LogP contribution in [0.4, 0.5) is 0 Å². The Morgan fingerprint density at radius 2 is 1.67 bits per heavy atom. The van der Waals surface area contributed by atoms with Crippen LogP contribution in [0.3, 0.4) is 0 Å². The largest absolute Gasteiger partial charge is 0.453 e. The minimum atomic E-state index is -0.262. The number of halogens is 1. The third kappa shape index (κ3) is 4.39. The fourth-order valence-electron chi connectivity index (χ4n) is 3.93. The summed E-state index contributed by atoms with van der Waals surface area (Å²) in [6, 6.07) is 33.0. The molecule has 0 spiro atoms. The second-order valence-electron chi connectivity index (χ2n) is 8.06. The summed E-state index contributed by atoms with van der Waals surface area (Å²) in [6.07, 6.45) is 1.70. The number of hydrogen-bond donors (Lipinski definition) is 0. The van der Waals surface area contributed by atoms with Gasteiger partial charge in [0.1, 0.15) is 5.58 Å². The van der Waals surface area contributed by atoms with Crippen molar-refractivity contribution in [3.8, 4) is 11.6 Å². The predicted octanol–water partition coefficient (Wildman–Crippen LogP) is 7.61. The van der Waals surface area contributed by atoms with E-state index in [0.29, 0.717) is 28.1 Å². The quantitative estimate of drug-likeness (QED) is 0.207. The summed E-state index contributed by atoms with van der Waals surface area (Å²) in [5.74, 6) is 0.811. The van der Waals surface area contributed by atoms with Crippen molar-refractivity contribution in [3.05, 3.63) is 124 Å². The van der Waals surface area contributed by atoms with Crippen molar-refractivity contribution in [2.75, 3.05) is 0 Å². The zero-order chi connectivity index (χ0) is 24.5. The monoisotopic (exact) mass is 551 g/mol. The zero-order valence-electron chi connectivity index (χ0n) is 18.8. The van der Waals surface area contributed by atoms with Crippen LogP contribution in [0.25, 0.3) is 33.5 Å². The molecule has 2 heterocycles. The molecule has 6 aromatic rings. The van der Waals surface area contributed by atoms with E-state index in [1.165, 1.54) is 4.68 Å². The molecular formula is C29H18BrN3O2S. The summed E-state index contributed by atoms with van der Waals surface area (Å²) in [5.41, 5.74) is 1.92. The molecule has 7 heteroatoms. The van der Waals surface area contributed by atoms with Crippen LogP contribution in [-0.4, -0.2) is 15.9 Å². The predicted molar refractivity (Wildman–Crippen MR) is 149 cm³/mol. The second-order valence-corrected chi connectivity index (χ2v) is 10.1. The van der Waals surface area contributed by atoms with Crippen LogP contribution in [0.15, 0.2) is 132 Å². The summed E-state index contributed by atoms with van der Waals surface area (Å²) in [5, 5.41) is 6.02. The molecule has 36 heavy (non-hydrogen) atoms. The van der Waals surface area contributed by atoms with Gasteiger partial charge < -0.3 is 4.42 Å². The maximum atomic E-state index is 13.5. The Bertz CT molecular complexity index is 1810. The molecule has 2 aromatic heterocycles. The molecule has 0 aliphatic rings. The molecule has 0 radical (unpaired) electrons. The molecule has 0 bridgehead atoms. The van der Waals surface area contributed by atoms with E-state index in [1.807, 2.05) is 84.9 Å². The summed E-state index contributed by atoms with van der Waals surface area (Å²) >= 11 is 5.14. The van der Waals surface area contributed by atoms with E-state index in [0.717, 1.165) is 25.2 Å². The molecule has 174 valence electrons. The summed E-state index contributed by atoms with van der Waals surface area (Å²) in [7, 11) is 0. The Hall–Kier alpha value is -3.94. The van der Waals surface area contributed by atoms with Crippen molar-refractivity contribution in [1.82, 2.24) is 9.66 Å². The van der Waals surface area contributed by atoms with Gasteiger partial charge in [-0.1, -0.05) is 76.2 Å². The van der Waals surface area contributed by atoms with Crippen molar-refractivity contribution in [2.45, 2.75) is 9.79 Å². The van der Waals surface area contributed by atoms with Crippen LogP contribution < -0.4 is 5.56 Å². The number of aromatic nitrogens is 2. The van der Waals surface area contributed by atoms with Gasteiger partial charge in [0.2, 0.25) is 5.82 Å². The van der Waals surface area contributed by atoms with E-state index < -0.39 is 0 Å². The number of para-hydroxylation sites is 1. The van der Waals surface area contributed by atoms with Gasteiger partial charge in [-0.3, -0.25) is 4.79 Å². The first-order valence-corrected chi connectivity index (χ1v) is 12.8. The topological polar surface area (TPSA) is 60.4 Å². The molecule has 0 unspecified atom stereocenters. The third-order valence-electron chi connectivity index (χ3n) is 5.65. The van der Waals surface area contributed by atoms with E-state index in [-0.39, 0.29) is 5.56 Å². The zero-order valence-corrected chi connectivity index (χ0v) is 21.2. The fourth-order valence-corrected chi connectivity index (χ4v) is 5.24. The van der Waals surface area contributed by atoms with E-state index in [9.17, 15) is 4.79 Å². The van der Waals surface area contributed by atoms with Gasteiger partial charge >= 0.3 is 0 Å². The standard InChI is InChI=1S/C29H18BrN3O2S/c30-21-14-15-25-20(16-21)17-26(35-25)28-32-24-12-6-5-11-23(24)29(34)33(28)31-18-19-8-4-7-13-27(19)36-22-9-2-1-3-10-22/h1-18H. The lowest BCUT2D eigenvalue weighted by Crippen LogP contribution is -2.20. The SMILES string of the molecule is O=c1c2ccccc2nc(-c2cc3cc(Br)ccc3o2)n1N=Cc1ccccc1Sc1ccccc1. The lowest BCUT2D eigenvalue weighted by Gasteiger charge is -2.08. The van der Waals surface area contributed by atoms with Crippen molar-refractivity contribution >= 4 is 55.8 Å². The number of furan rings is 1. The lowest BCUT2D eigenvalue weighted by atomic mass is 10.2. The Morgan fingerprint density at radius 3 is 2.56 bits per heavy atom. The van der Waals surface area contributed by atoms with Crippen molar-refractivity contribution < 1.29 is 4.42 Å². The molecule has 0 aliphatic carbocycles. The van der Waals surface area contributed by atoms with Gasteiger partial charge in [0, 0.05) is 25.2 Å². The Kier molecular flexibility index (Phi) is 6.01. The van der Waals surface area contributed by atoms with E-state index in [2.05, 4.69) is 33.2 Å². The average molecular weight is 552 g/mol. The minimum absolute atomic E-state index is 0.262. The van der Waals surface area contributed by atoms with Crippen LogP contribution in [0.1, 0.15) is 5.56 Å². The van der Waals surface area contributed by atoms with Gasteiger partial charge in [-0.05, 0) is 54.6 Å². The molecule has 0 saturated heterocycles. The fraction of sp³-hybridized carbons (Fsp3) is 0. The van der Waals surface area contributed by atoms with Gasteiger partial charge in [-0.15, -0.1) is 0 Å². The second kappa shape index (κ2) is 9.60. The molecule has 6 rings (SSSR count). The van der Waals surface area contributed by atoms with E-state index >= 15 is 0 Å². The minimum Gasteiger partial charge on any atom is -0.453 e. The summed E-state index contributed by atoms with van der Waals surface area (Å²) < 4.78 is 8.35. The first kappa shape index (κ1) is 22.5. The molecule has 5 nitrogen and oxygen atoms in total. The van der Waals surface area contributed by atoms with Crippen molar-refractivity contribution in [3.63, 3.8) is 0 Å². The summed E-state index contributed by atoms with van der Waals surface area (Å²) in [6.45, 7) is 0. The van der Waals surface area contributed by atoms with Crippen molar-refractivity contribution in [1.29, 1.82) is 0 Å².